The average Bonchev–Trinajstić information content (AvgIpc) is 2.31. The lowest BCUT2D eigenvalue weighted by Crippen LogP contribution is -2.39. The van der Waals surface area contributed by atoms with Crippen LogP contribution in [0.1, 0.15) is 38.8 Å². The minimum Gasteiger partial charge on any atom is -0.326 e. The molecule has 0 saturated heterocycles. The van der Waals surface area contributed by atoms with Gasteiger partial charge >= 0.3 is 0 Å². The molecule has 2 N–H and O–H groups in total. The SMILES string of the molecule is CCC(C)CN(C)C(c1ccccc1Cl)C(C)N. The molecule has 0 aliphatic carbocycles. The molecule has 1 aromatic carbocycles. The molecular formula is C15H25ClN2. The Kier molecular flexibility index (Phi) is 6.13. The number of likely N-dealkylation sites (N-methyl/N-ethyl adjacent to an activating group) is 1. The second kappa shape index (κ2) is 7.13. The van der Waals surface area contributed by atoms with Gasteiger partial charge in [0.2, 0.25) is 0 Å². The van der Waals surface area contributed by atoms with Crippen LogP contribution in [0.2, 0.25) is 5.02 Å². The molecule has 102 valence electrons. The smallest absolute Gasteiger partial charge is 0.0508 e. The Hall–Kier alpha value is -0.570. The van der Waals surface area contributed by atoms with Crippen molar-refractivity contribution in [3.63, 3.8) is 0 Å². The molecule has 1 aromatic rings. The molecule has 0 aliphatic heterocycles. The normalized spacial score (nSPS) is 16.6. The maximum atomic E-state index is 6.30. The summed E-state index contributed by atoms with van der Waals surface area (Å²) in [5, 5.41) is 0.802. The van der Waals surface area contributed by atoms with Gasteiger partial charge in [0.25, 0.3) is 0 Å². The van der Waals surface area contributed by atoms with E-state index in [2.05, 4.69) is 31.9 Å². The fourth-order valence-corrected chi connectivity index (χ4v) is 2.62. The van der Waals surface area contributed by atoms with Crippen molar-refractivity contribution in [2.75, 3.05) is 13.6 Å². The van der Waals surface area contributed by atoms with Crippen molar-refractivity contribution in [2.45, 2.75) is 39.3 Å². The lowest BCUT2D eigenvalue weighted by Gasteiger charge is -2.33. The zero-order valence-corrected chi connectivity index (χ0v) is 12.6. The fourth-order valence-electron chi connectivity index (χ4n) is 2.37. The topological polar surface area (TPSA) is 29.3 Å². The Labute approximate surface area is 116 Å². The average molecular weight is 269 g/mol. The first-order chi connectivity index (χ1) is 8.47. The summed E-state index contributed by atoms with van der Waals surface area (Å²) in [6.07, 6.45) is 1.18. The van der Waals surface area contributed by atoms with Gasteiger partial charge in [-0.1, -0.05) is 50.1 Å². The molecule has 2 nitrogen and oxygen atoms in total. The van der Waals surface area contributed by atoms with Gasteiger partial charge in [0.15, 0.2) is 0 Å². The van der Waals surface area contributed by atoms with Crippen LogP contribution < -0.4 is 5.73 Å². The van der Waals surface area contributed by atoms with Gasteiger partial charge in [0.1, 0.15) is 0 Å². The highest BCUT2D eigenvalue weighted by Gasteiger charge is 2.23. The number of hydrogen-bond donors (Lipinski definition) is 1. The van der Waals surface area contributed by atoms with Crippen LogP contribution in [0, 0.1) is 5.92 Å². The Morgan fingerprint density at radius 3 is 2.39 bits per heavy atom. The number of halogens is 1. The highest BCUT2D eigenvalue weighted by Crippen LogP contribution is 2.29. The monoisotopic (exact) mass is 268 g/mol. The predicted octanol–water partition coefficient (Wildman–Crippen LogP) is 3.71. The van der Waals surface area contributed by atoms with Crippen LogP contribution in [0.15, 0.2) is 24.3 Å². The molecule has 3 unspecified atom stereocenters. The predicted molar refractivity (Wildman–Crippen MR) is 79.9 cm³/mol. The van der Waals surface area contributed by atoms with Crippen LogP contribution in [-0.4, -0.2) is 24.5 Å². The molecule has 3 heteroatoms. The molecular weight excluding hydrogens is 244 g/mol. The van der Waals surface area contributed by atoms with Crippen molar-refractivity contribution in [3.05, 3.63) is 34.9 Å². The maximum absolute atomic E-state index is 6.30. The highest BCUT2D eigenvalue weighted by molar-refractivity contribution is 6.31. The van der Waals surface area contributed by atoms with E-state index < -0.39 is 0 Å². The third kappa shape index (κ3) is 3.98. The molecule has 0 spiro atoms. The van der Waals surface area contributed by atoms with Gasteiger partial charge in [-0.05, 0) is 31.5 Å². The summed E-state index contributed by atoms with van der Waals surface area (Å²) in [6, 6.07) is 8.21. The third-order valence-corrected chi connectivity index (χ3v) is 3.84. The van der Waals surface area contributed by atoms with Crippen molar-refractivity contribution < 1.29 is 0 Å². The molecule has 0 radical (unpaired) electrons. The van der Waals surface area contributed by atoms with E-state index in [-0.39, 0.29) is 12.1 Å². The van der Waals surface area contributed by atoms with E-state index >= 15 is 0 Å². The van der Waals surface area contributed by atoms with Crippen LogP contribution in [0.4, 0.5) is 0 Å². The number of nitrogens with two attached hydrogens (primary N) is 1. The van der Waals surface area contributed by atoms with Crippen molar-refractivity contribution in [3.8, 4) is 0 Å². The Balaban J connectivity index is 2.93. The van der Waals surface area contributed by atoms with Crippen LogP contribution in [0.5, 0.6) is 0 Å². The molecule has 0 amide bonds. The number of nitrogens with zero attached hydrogens (tertiary/aromatic N) is 1. The lowest BCUT2D eigenvalue weighted by molar-refractivity contribution is 0.190. The summed E-state index contributed by atoms with van der Waals surface area (Å²) >= 11 is 6.30. The second-order valence-electron chi connectivity index (χ2n) is 5.28. The molecule has 0 aliphatic rings. The van der Waals surface area contributed by atoms with Gasteiger partial charge < -0.3 is 5.73 Å². The quantitative estimate of drug-likeness (QED) is 0.852. The van der Waals surface area contributed by atoms with Crippen molar-refractivity contribution in [2.24, 2.45) is 11.7 Å². The number of benzene rings is 1. The van der Waals surface area contributed by atoms with E-state index in [0.29, 0.717) is 5.92 Å². The molecule has 18 heavy (non-hydrogen) atoms. The summed E-state index contributed by atoms with van der Waals surface area (Å²) in [5.41, 5.74) is 7.28. The van der Waals surface area contributed by atoms with Crippen LogP contribution in [-0.2, 0) is 0 Å². The van der Waals surface area contributed by atoms with E-state index in [1.807, 2.05) is 25.1 Å². The highest BCUT2D eigenvalue weighted by atomic mass is 35.5. The van der Waals surface area contributed by atoms with E-state index in [4.69, 9.17) is 17.3 Å². The molecule has 3 atom stereocenters. The first kappa shape index (κ1) is 15.5. The molecule has 0 saturated carbocycles. The van der Waals surface area contributed by atoms with E-state index in [9.17, 15) is 0 Å². The fraction of sp³-hybridized carbons (Fsp3) is 0.600. The summed E-state index contributed by atoms with van der Waals surface area (Å²) in [4.78, 5) is 2.32. The zero-order valence-electron chi connectivity index (χ0n) is 11.9. The Morgan fingerprint density at radius 2 is 1.89 bits per heavy atom. The van der Waals surface area contributed by atoms with Gasteiger partial charge in [-0.25, -0.2) is 0 Å². The summed E-state index contributed by atoms with van der Waals surface area (Å²) in [5.74, 6) is 0.665. The van der Waals surface area contributed by atoms with Crippen molar-refractivity contribution >= 4 is 11.6 Å². The van der Waals surface area contributed by atoms with Gasteiger partial charge in [0.05, 0.1) is 6.04 Å². The van der Waals surface area contributed by atoms with E-state index in [1.165, 1.54) is 6.42 Å². The minimum atomic E-state index is 0.0546. The van der Waals surface area contributed by atoms with Crippen LogP contribution in [0.3, 0.4) is 0 Å². The van der Waals surface area contributed by atoms with E-state index in [1.54, 1.807) is 0 Å². The molecule has 0 fully saturated rings. The molecule has 0 bridgehead atoms. The summed E-state index contributed by atoms with van der Waals surface area (Å²) in [6.45, 7) is 7.56. The Bertz CT molecular complexity index is 365. The van der Waals surface area contributed by atoms with Gasteiger partial charge in [-0.15, -0.1) is 0 Å². The summed E-state index contributed by atoms with van der Waals surface area (Å²) in [7, 11) is 2.13. The number of rotatable bonds is 6. The van der Waals surface area contributed by atoms with E-state index in [0.717, 1.165) is 17.1 Å². The van der Waals surface area contributed by atoms with Crippen LogP contribution >= 0.6 is 11.6 Å². The van der Waals surface area contributed by atoms with Gasteiger partial charge in [0, 0.05) is 17.6 Å². The maximum Gasteiger partial charge on any atom is 0.0508 e. The second-order valence-corrected chi connectivity index (χ2v) is 5.69. The Morgan fingerprint density at radius 1 is 1.28 bits per heavy atom. The van der Waals surface area contributed by atoms with Crippen LogP contribution in [0.25, 0.3) is 0 Å². The van der Waals surface area contributed by atoms with Crippen molar-refractivity contribution in [1.29, 1.82) is 0 Å². The number of hydrogen-bond acceptors (Lipinski definition) is 2. The molecule has 0 aromatic heterocycles. The van der Waals surface area contributed by atoms with Gasteiger partial charge in [-0.2, -0.15) is 0 Å². The van der Waals surface area contributed by atoms with Crippen molar-refractivity contribution in [1.82, 2.24) is 4.90 Å². The first-order valence-corrected chi connectivity index (χ1v) is 7.05. The summed E-state index contributed by atoms with van der Waals surface area (Å²) < 4.78 is 0. The standard InChI is InChI=1S/C15H25ClN2/c1-5-11(2)10-18(4)15(12(3)17)13-8-6-7-9-14(13)16/h6-9,11-12,15H,5,10,17H2,1-4H3. The molecule has 1 rings (SSSR count). The largest absolute Gasteiger partial charge is 0.326 e. The molecule has 0 heterocycles. The first-order valence-electron chi connectivity index (χ1n) is 6.67. The lowest BCUT2D eigenvalue weighted by atomic mass is 9.98. The van der Waals surface area contributed by atoms with Gasteiger partial charge in [-0.3, -0.25) is 4.90 Å². The minimum absolute atomic E-state index is 0.0546. The third-order valence-electron chi connectivity index (χ3n) is 3.49. The zero-order chi connectivity index (χ0) is 13.7.